The lowest BCUT2D eigenvalue weighted by Gasteiger charge is -2.02. The summed E-state index contributed by atoms with van der Waals surface area (Å²) >= 11 is 1.24. The fourth-order valence-electron chi connectivity index (χ4n) is 1.30. The zero-order chi connectivity index (χ0) is 12.1. The molecule has 4 nitrogen and oxygen atoms in total. The molecule has 1 heterocycles. The standard InChI is InChI=1S/C12H10N2O2S/c15-10(9-4-2-1-3-5-9)6-14-12(16)11-7-13-8-17-11/h1-5,7-8H,6H2,(H,14,16). The van der Waals surface area contributed by atoms with Gasteiger partial charge in [0.2, 0.25) is 0 Å². The van der Waals surface area contributed by atoms with Crippen molar-refractivity contribution in [1.82, 2.24) is 10.3 Å². The quantitative estimate of drug-likeness (QED) is 0.836. The third-order valence-electron chi connectivity index (χ3n) is 2.16. The number of ketones is 1. The van der Waals surface area contributed by atoms with E-state index >= 15 is 0 Å². The molecule has 1 N–H and O–H groups in total. The summed E-state index contributed by atoms with van der Waals surface area (Å²) in [6.07, 6.45) is 1.48. The minimum atomic E-state index is -0.267. The summed E-state index contributed by atoms with van der Waals surface area (Å²) in [5.74, 6) is -0.375. The highest BCUT2D eigenvalue weighted by Crippen LogP contribution is 2.05. The van der Waals surface area contributed by atoms with Crippen molar-refractivity contribution in [3.05, 3.63) is 52.5 Å². The van der Waals surface area contributed by atoms with Crippen LogP contribution in [0.1, 0.15) is 20.0 Å². The van der Waals surface area contributed by atoms with Crippen molar-refractivity contribution in [1.29, 1.82) is 0 Å². The zero-order valence-electron chi connectivity index (χ0n) is 8.92. The largest absolute Gasteiger partial charge is 0.344 e. The lowest BCUT2D eigenvalue weighted by atomic mass is 10.1. The van der Waals surface area contributed by atoms with Crippen molar-refractivity contribution >= 4 is 23.0 Å². The second-order valence-electron chi connectivity index (χ2n) is 3.34. The summed E-state index contributed by atoms with van der Waals surface area (Å²) in [5.41, 5.74) is 2.17. The van der Waals surface area contributed by atoms with Gasteiger partial charge in [-0.2, -0.15) is 0 Å². The van der Waals surface area contributed by atoms with Crippen LogP contribution in [0.15, 0.2) is 42.0 Å². The molecule has 1 aromatic carbocycles. The molecule has 0 radical (unpaired) electrons. The van der Waals surface area contributed by atoms with E-state index in [4.69, 9.17) is 0 Å². The van der Waals surface area contributed by atoms with Gasteiger partial charge in [-0.3, -0.25) is 14.6 Å². The van der Waals surface area contributed by atoms with E-state index in [1.807, 2.05) is 6.07 Å². The van der Waals surface area contributed by atoms with E-state index in [9.17, 15) is 9.59 Å². The van der Waals surface area contributed by atoms with Crippen LogP contribution in [0.25, 0.3) is 0 Å². The van der Waals surface area contributed by atoms with Gasteiger partial charge in [0.15, 0.2) is 5.78 Å². The molecule has 0 spiro atoms. The van der Waals surface area contributed by atoms with Crippen molar-refractivity contribution in [2.24, 2.45) is 0 Å². The molecule has 2 aromatic rings. The van der Waals surface area contributed by atoms with Crippen LogP contribution >= 0.6 is 11.3 Å². The lowest BCUT2D eigenvalue weighted by Crippen LogP contribution is -2.28. The highest BCUT2D eigenvalue weighted by molar-refractivity contribution is 7.11. The first-order chi connectivity index (χ1) is 8.27. The molecule has 0 unspecified atom stereocenters. The number of hydrogen-bond donors (Lipinski definition) is 1. The summed E-state index contributed by atoms with van der Waals surface area (Å²) in [4.78, 5) is 27.5. The van der Waals surface area contributed by atoms with Gasteiger partial charge >= 0.3 is 0 Å². The number of rotatable bonds is 4. The molecule has 17 heavy (non-hydrogen) atoms. The zero-order valence-corrected chi connectivity index (χ0v) is 9.74. The average molecular weight is 246 g/mol. The van der Waals surface area contributed by atoms with Crippen LogP contribution in [0.2, 0.25) is 0 Å². The number of nitrogens with one attached hydrogen (secondary N) is 1. The number of thiazole rings is 1. The molecule has 0 bridgehead atoms. The maximum Gasteiger partial charge on any atom is 0.263 e. The molecule has 86 valence electrons. The van der Waals surface area contributed by atoms with E-state index < -0.39 is 0 Å². The van der Waals surface area contributed by atoms with Crippen molar-refractivity contribution in [3.63, 3.8) is 0 Å². The van der Waals surface area contributed by atoms with Crippen LogP contribution in [0.4, 0.5) is 0 Å². The van der Waals surface area contributed by atoms with Crippen molar-refractivity contribution in [3.8, 4) is 0 Å². The fourth-order valence-corrected chi connectivity index (χ4v) is 1.84. The van der Waals surface area contributed by atoms with E-state index in [1.165, 1.54) is 17.5 Å². The van der Waals surface area contributed by atoms with Gasteiger partial charge < -0.3 is 5.32 Å². The molecule has 0 fully saturated rings. The van der Waals surface area contributed by atoms with Gasteiger partial charge in [0.1, 0.15) is 4.88 Å². The highest BCUT2D eigenvalue weighted by Gasteiger charge is 2.10. The van der Waals surface area contributed by atoms with Gasteiger partial charge in [0.05, 0.1) is 18.3 Å². The first-order valence-corrected chi connectivity index (χ1v) is 5.90. The maximum atomic E-state index is 11.7. The van der Waals surface area contributed by atoms with Gasteiger partial charge in [0.25, 0.3) is 5.91 Å². The molecule has 1 amide bonds. The lowest BCUT2D eigenvalue weighted by molar-refractivity contribution is 0.0906. The number of aromatic nitrogens is 1. The predicted octanol–water partition coefficient (Wildman–Crippen LogP) is 1.76. The molecule has 0 aliphatic carbocycles. The fraction of sp³-hybridized carbons (Fsp3) is 0.0833. The molecule has 1 aromatic heterocycles. The second kappa shape index (κ2) is 5.36. The van der Waals surface area contributed by atoms with Crippen molar-refractivity contribution in [2.75, 3.05) is 6.54 Å². The Kier molecular flexibility index (Phi) is 3.62. The monoisotopic (exact) mass is 246 g/mol. The van der Waals surface area contributed by atoms with E-state index in [0.717, 1.165) is 0 Å². The molecular formula is C12H10N2O2S. The number of carbonyl (C=O) groups excluding carboxylic acids is 2. The van der Waals surface area contributed by atoms with Crippen LogP contribution in [-0.4, -0.2) is 23.2 Å². The number of amides is 1. The molecule has 0 saturated heterocycles. The minimum Gasteiger partial charge on any atom is -0.344 e. The van der Waals surface area contributed by atoms with E-state index in [0.29, 0.717) is 10.4 Å². The Hall–Kier alpha value is -2.01. The maximum absolute atomic E-state index is 11.7. The molecule has 0 saturated carbocycles. The van der Waals surface area contributed by atoms with Crippen molar-refractivity contribution in [2.45, 2.75) is 0 Å². The highest BCUT2D eigenvalue weighted by atomic mass is 32.1. The van der Waals surface area contributed by atoms with Gasteiger partial charge in [-0.25, -0.2) is 0 Å². The SMILES string of the molecule is O=C(CNC(=O)c1cncs1)c1ccccc1. The number of carbonyl (C=O) groups is 2. The smallest absolute Gasteiger partial charge is 0.263 e. The minimum absolute atomic E-state index is 0.000741. The van der Waals surface area contributed by atoms with Crippen LogP contribution < -0.4 is 5.32 Å². The normalized spacial score (nSPS) is 9.88. The summed E-state index contributed by atoms with van der Waals surface area (Å²) in [6, 6.07) is 8.87. The third-order valence-corrected chi connectivity index (χ3v) is 2.93. The van der Waals surface area contributed by atoms with E-state index in [1.54, 1.807) is 29.8 Å². The molecule has 0 atom stereocenters. The van der Waals surface area contributed by atoms with Crippen LogP contribution in [-0.2, 0) is 0 Å². The van der Waals surface area contributed by atoms with E-state index in [-0.39, 0.29) is 18.2 Å². The summed E-state index contributed by atoms with van der Waals surface area (Å²) in [6.45, 7) is 0.000741. The van der Waals surface area contributed by atoms with Gasteiger partial charge in [-0.05, 0) is 0 Å². The topological polar surface area (TPSA) is 59.1 Å². The Balaban J connectivity index is 1.91. The summed E-state index contributed by atoms with van der Waals surface area (Å²) in [5, 5.41) is 2.57. The number of hydrogen-bond acceptors (Lipinski definition) is 4. The Morgan fingerprint density at radius 3 is 2.65 bits per heavy atom. The first-order valence-electron chi connectivity index (χ1n) is 5.02. The van der Waals surface area contributed by atoms with Crippen LogP contribution in [0, 0.1) is 0 Å². The number of benzene rings is 1. The predicted molar refractivity (Wildman–Crippen MR) is 65.2 cm³/mol. The Morgan fingerprint density at radius 2 is 2.00 bits per heavy atom. The average Bonchev–Trinajstić information content (AvgIpc) is 2.90. The molecule has 5 heteroatoms. The third kappa shape index (κ3) is 2.98. The Labute approximate surface area is 102 Å². The van der Waals surface area contributed by atoms with Crippen molar-refractivity contribution < 1.29 is 9.59 Å². The summed E-state index contributed by atoms with van der Waals surface area (Å²) < 4.78 is 0. The molecular weight excluding hydrogens is 236 g/mol. The van der Waals surface area contributed by atoms with E-state index in [2.05, 4.69) is 10.3 Å². The Bertz CT molecular complexity index is 509. The first kappa shape index (κ1) is 11.5. The van der Waals surface area contributed by atoms with Gasteiger partial charge in [-0.15, -0.1) is 11.3 Å². The molecule has 0 aliphatic rings. The molecule has 0 aliphatic heterocycles. The second-order valence-corrected chi connectivity index (χ2v) is 4.22. The number of Topliss-reactive ketones (excluding diaryl/α,β-unsaturated/α-hetero) is 1. The van der Waals surface area contributed by atoms with Crippen LogP contribution in [0.3, 0.4) is 0 Å². The molecule has 2 rings (SSSR count). The summed E-state index contributed by atoms with van der Waals surface area (Å²) in [7, 11) is 0. The van der Waals surface area contributed by atoms with Crippen LogP contribution in [0.5, 0.6) is 0 Å². The van der Waals surface area contributed by atoms with Gasteiger partial charge in [-0.1, -0.05) is 30.3 Å². The van der Waals surface area contributed by atoms with Gasteiger partial charge in [0, 0.05) is 5.56 Å². The Morgan fingerprint density at radius 1 is 1.24 bits per heavy atom. The number of nitrogens with zero attached hydrogens (tertiary/aromatic N) is 1.